The van der Waals surface area contributed by atoms with E-state index >= 15 is 0 Å². The average molecular weight is 293 g/mol. The molecular formula is C15H20NO3P. The predicted molar refractivity (Wildman–Crippen MR) is 81.9 cm³/mol. The fraction of sp³-hybridized carbons (Fsp3) is 0.467. The number of hydrogen-bond acceptors (Lipinski definition) is 3. The van der Waals surface area contributed by atoms with E-state index in [4.69, 9.17) is 4.74 Å². The van der Waals surface area contributed by atoms with Gasteiger partial charge in [0.15, 0.2) is 0 Å². The second kappa shape index (κ2) is 6.36. The van der Waals surface area contributed by atoms with Crippen molar-refractivity contribution in [2.24, 2.45) is 5.92 Å². The molecule has 1 aromatic carbocycles. The van der Waals surface area contributed by atoms with Gasteiger partial charge in [-0.3, -0.25) is 14.3 Å². The van der Waals surface area contributed by atoms with Crippen LogP contribution in [0, 0.1) is 12.8 Å². The van der Waals surface area contributed by atoms with Crippen LogP contribution in [0.25, 0.3) is 0 Å². The molecule has 4 nitrogen and oxygen atoms in total. The van der Waals surface area contributed by atoms with Crippen molar-refractivity contribution >= 4 is 26.8 Å². The number of methoxy groups -OCH3 is 1. The number of carbonyl (C=O) groups excluding carboxylic acids is 2. The first kappa shape index (κ1) is 15.0. The molecule has 0 saturated heterocycles. The molecule has 1 aliphatic carbocycles. The molecule has 0 radical (unpaired) electrons. The van der Waals surface area contributed by atoms with Gasteiger partial charge < -0.3 is 4.74 Å². The van der Waals surface area contributed by atoms with Crippen LogP contribution >= 0.6 is 9.39 Å². The lowest BCUT2D eigenvalue weighted by atomic mass is 9.87. The summed E-state index contributed by atoms with van der Waals surface area (Å²) in [6.07, 6.45) is 3.02. The Morgan fingerprint density at radius 1 is 1.40 bits per heavy atom. The van der Waals surface area contributed by atoms with E-state index in [1.807, 2.05) is 25.1 Å². The lowest BCUT2D eigenvalue weighted by molar-refractivity contribution is -0.133. The summed E-state index contributed by atoms with van der Waals surface area (Å²) in [6, 6.07) is 5.57. The van der Waals surface area contributed by atoms with Gasteiger partial charge in [-0.15, -0.1) is 0 Å². The molecule has 1 fully saturated rings. The van der Waals surface area contributed by atoms with Gasteiger partial charge in [0.05, 0.1) is 18.7 Å². The van der Waals surface area contributed by atoms with Crippen LogP contribution in [0.2, 0.25) is 0 Å². The van der Waals surface area contributed by atoms with Crippen molar-refractivity contribution in [3.63, 3.8) is 0 Å². The highest BCUT2D eigenvalue weighted by molar-refractivity contribution is 7.21. The first-order valence-corrected chi connectivity index (χ1v) is 7.32. The zero-order valence-electron chi connectivity index (χ0n) is 11.9. The fourth-order valence-electron chi connectivity index (χ4n) is 2.50. The number of carbonyl (C=O) groups is 2. The van der Waals surface area contributed by atoms with Gasteiger partial charge in [0.25, 0.3) is 0 Å². The second-order valence-corrected chi connectivity index (χ2v) is 5.64. The van der Waals surface area contributed by atoms with E-state index in [0.29, 0.717) is 12.8 Å². The van der Waals surface area contributed by atoms with Gasteiger partial charge in [0.1, 0.15) is 11.5 Å². The maximum atomic E-state index is 12.4. The molecule has 5 heteroatoms. The summed E-state index contributed by atoms with van der Waals surface area (Å²) < 4.78 is 6.75. The van der Waals surface area contributed by atoms with Crippen LogP contribution in [0.1, 0.15) is 31.2 Å². The number of benzene rings is 1. The SMILES string of the molecule is COc1cc(N(P)C(=O)C2CCCCC2=O)ccc1C. The van der Waals surface area contributed by atoms with Crippen molar-refractivity contribution < 1.29 is 14.3 Å². The summed E-state index contributed by atoms with van der Waals surface area (Å²) in [5, 5.41) is 0. The Morgan fingerprint density at radius 3 is 2.80 bits per heavy atom. The molecule has 1 saturated carbocycles. The molecule has 0 spiro atoms. The first-order chi connectivity index (χ1) is 9.54. The minimum absolute atomic E-state index is 0.0628. The molecule has 1 amide bonds. The van der Waals surface area contributed by atoms with Gasteiger partial charge in [0.2, 0.25) is 5.91 Å². The largest absolute Gasteiger partial charge is 0.496 e. The molecule has 0 N–H and O–H groups in total. The molecule has 1 aromatic rings. The Bertz CT molecular complexity index is 530. The van der Waals surface area contributed by atoms with Crippen LogP contribution in [0.4, 0.5) is 5.69 Å². The Kier molecular flexibility index (Phi) is 4.77. The molecule has 20 heavy (non-hydrogen) atoms. The van der Waals surface area contributed by atoms with E-state index in [1.54, 1.807) is 7.11 Å². The molecule has 0 heterocycles. The summed E-state index contributed by atoms with van der Waals surface area (Å²) in [7, 11) is 4.01. The Morgan fingerprint density at radius 2 is 2.15 bits per heavy atom. The monoisotopic (exact) mass is 293 g/mol. The van der Waals surface area contributed by atoms with E-state index in [-0.39, 0.29) is 11.7 Å². The van der Waals surface area contributed by atoms with Crippen molar-refractivity contribution in [3.05, 3.63) is 23.8 Å². The maximum absolute atomic E-state index is 12.4. The van der Waals surface area contributed by atoms with Gasteiger partial charge in [-0.25, -0.2) is 0 Å². The standard InChI is InChI=1S/C15H20NO3P/c1-10-7-8-11(9-14(10)19-2)16(20)15(18)12-5-3-4-6-13(12)17/h7-9,12H,3-6,20H2,1-2H3. The lowest BCUT2D eigenvalue weighted by Gasteiger charge is -2.25. The van der Waals surface area contributed by atoms with E-state index in [0.717, 1.165) is 29.8 Å². The Hall–Kier alpha value is -1.41. The van der Waals surface area contributed by atoms with Crippen molar-refractivity contribution in [2.75, 3.05) is 11.8 Å². The molecular weight excluding hydrogens is 273 g/mol. The quantitative estimate of drug-likeness (QED) is 0.636. The Labute approximate surface area is 121 Å². The minimum Gasteiger partial charge on any atom is -0.496 e. The zero-order chi connectivity index (χ0) is 14.7. The third kappa shape index (κ3) is 3.01. The molecule has 2 rings (SSSR count). The number of amides is 1. The van der Waals surface area contributed by atoms with Crippen molar-refractivity contribution in [1.82, 2.24) is 0 Å². The van der Waals surface area contributed by atoms with Gasteiger partial charge in [-0.05, 0) is 40.8 Å². The average Bonchev–Trinajstić information content (AvgIpc) is 2.47. The smallest absolute Gasteiger partial charge is 0.240 e. The van der Waals surface area contributed by atoms with Gasteiger partial charge in [0, 0.05) is 12.5 Å². The predicted octanol–water partition coefficient (Wildman–Crippen LogP) is 2.89. The van der Waals surface area contributed by atoms with Crippen LogP contribution in [-0.4, -0.2) is 18.8 Å². The first-order valence-electron chi connectivity index (χ1n) is 6.80. The number of hydrogen-bond donors (Lipinski definition) is 0. The van der Waals surface area contributed by atoms with Crippen LogP contribution in [0.5, 0.6) is 5.75 Å². The van der Waals surface area contributed by atoms with Gasteiger partial charge >= 0.3 is 0 Å². The molecule has 1 aliphatic rings. The highest BCUT2D eigenvalue weighted by Gasteiger charge is 2.31. The van der Waals surface area contributed by atoms with Gasteiger partial charge in [-0.2, -0.15) is 0 Å². The van der Waals surface area contributed by atoms with E-state index in [1.165, 1.54) is 4.67 Å². The zero-order valence-corrected chi connectivity index (χ0v) is 13.0. The molecule has 108 valence electrons. The fourth-order valence-corrected chi connectivity index (χ4v) is 2.84. The van der Waals surface area contributed by atoms with Crippen LogP contribution in [0.3, 0.4) is 0 Å². The normalized spacial score (nSPS) is 18.8. The number of anilines is 1. The third-order valence-corrected chi connectivity index (χ3v) is 4.31. The van der Waals surface area contributed by atoms with Crippen molar-refractivity contribution in [3.8, 4) is 5.75 Å². The van der Waals surface area contributed by atoms with E-state index in [2.05, 4.69) is 9.39 Å². The summed E-state index contributed by atoms with van der Waals surface area (Å²) >= 11 is 0. The van der Waals surface area contributed by atoms with Crippen LogP contribution in [0.15, 0.2) is 18.2 Å². The Balaban J connectivity index is 2.19. The number of rotatable bonds is 3. The van der Waals surface area contributed by atoms with Crippen molar-refractivity contribution in [1.29, 1.82) is 0 Å². The molecule has 0 aromatic heterocycles. The van der Waals surface area contributed by atoms with E-state index < -0.39 is 5.92 Å². The van der Waals surface area contributed by atoms with Crippen LogP contribution < -0.4 is 9.41 Å². The maximum Gasteiger partial charge on any atom is 0.240 e. The summed E-state index contributed by atoms with van der Waals surface area (Å²) in [6.45, 7) is 1.95. The highest BCUT2D eigenvalue weighted by atomic mass is 31.0. The van der Waals surface area contributed by atoms with Gasteiger partial charge in [-0.1, -0.05) is 12.5 Å². The topological polar surface area (TPSA) is 46.6 Å². The lowest BCUT2D eigenvalue weighted by Crippen LogP contribution is -2.35. The summed E-state index contributed by atoms with van der Waals surface area (Å²) in [5.74, 6) is 0.157. The number of nitrogens with zero attached hydrogens (tertiary/aromatic N) is 1. The third-order valence-electron chi connectivity index (χ3n) is 3.76. The number of Topliss-reactive ketones (excluding diaryl/α,β-unsaturated/α-hetero) is 1. The highest BCUT2D eigenvalue weighted by Crippen LogP contribution is 2.30. The number of ketones is 1. The second-order valence-electron chi connectivity index (χ2n) is 5.13. The molecule has 0 aliphatic heterocycles. The summed E-state index contributed by atoms with van der Waals surface area (Å²) in [4.78, 5) is 24.3. The summed E-state index contributed by atoms with van der Waals surface area (Å²) in [5.41, 5.74) is 1.73. The van der Waals surface area contributed by atoms with Crippen molar-refractivity contribution in [2.45, 2.75) is 32.6 Å². The van der Waals surface area contributed by atoms with Crippen LogP contribution in [-0.2, 0) is 9.59 Å². The number of ether oxygens (including phenoxy) is 1. The number of aryl methyl sites for hydroxylation is 1. The molecule has 0 bridgehead atoms. The molecule has 2 unspecified atom stereocenters. The molecule has 2 atom stereocenters. The minimum atomic E-state index is -0.492. The van der Waals surface area contributed by atoms with E-state index in [9.17, 15) is 9.59 Å².